The van der Waals surface area contributed by atoms with Gasteiger partial charge in [0.15, 0.2) is 6.79 Å². The van der Waals surface area contributed by atoms with Crippen molar-refractivity contribution in [3.8, 4) is 5.75 Å². The van der Waals surface area contributed by atoms with Gasteiger partial charge in [0.1, 0.15) is 0 Å². The summed E-state index contributed by atoms with van der Waals surface area (Å²) in [5.74, 6) is 0.806. The summed E-state index contributed by atoms with van der Waals surface area (Å²) in [6, 6.07) is 10.1. The smallest absolute Gasteiger partial charge is 1.00 e. The van der Waals surface area contributed by atoms with Crippen LogP contribution in [-0.4, -0.2) is 37.0 Å². The van der Waals surface area contributed by atoms with Crippen LogP contribution in [0.25, 0.3) is 0 Å². The first-order chi connectivity index (χ1) is 4.93. The summed E-state index contributed by atoms with van der Waals surface area (Å²) in [5.41, 5.74) is 0. The second-order valence-electron chi connectivity index (χ2n) is 1.79. The van der Waals surface area contributed by atoms with Crippen LogP contribution in [0.5, 0.6) is 5.75 Å². The van der Waals surface area contributed by atoms with Crippen LogP contribution in [-0.2, 0) is 4.74 Å². The average molecular weight is 241 g/mol. The van der Waals surface area contributed by atoms with E-state index in [2.05, 4.69) is 6.07 Å². The molecule has 2 nitrogen and oxygen atoms in total. The van der Waals surface area contributed by atoms with Gasteiger partial charge in [0.25, 0.3) is 0 Å². The Kier molecular flexibility index (Phi) is 11.4. The van der Waals surface area contributed by atoms with Gasteiger partial charge in [0.05, 0.1) is 0 Å². The number of methoxy groups -OCH3 is 1. The van der Waals surface area contributed by atoms with E-state index < -0.39 is 0 Å². The van der Waals surface area contributed by atoms with Crippen LogP contribution in [0.3, 0.4) is 0 Å². The summed E-state index contributed by atoms with van der Waals surface area (Å²) >= 11 is 0. The molecule has 0 amide bonds. The van der Waals surface area contributed by atoms with Crippen molar-refractivity contribution in [3.63, 3.8) is 0 Å². The van der Waals surface area contributed by atoms with E-state index in [1.807, 2.05) is 12.1 Å². The molecule has 0 N–H and O–H groups in total. The van der Waals surface area contributed by atoms with Gasteiger partial charge in [-0.15, -0.1) is 12.1 Å². The fraction of sp³-hybridized carbons (Fsp3) is 0.250. The summed E-state index contributed by atoms with van der Waals surface area (Å²) in [6.45, 7) is 0.296. The Morgan fingerprint density at radius 2 is 1.92 bits per heavy atom. The van der Waals surface area contributed by atoms with Crippen molar-refractivity contribution in [2.75, 3.05) is 13.9 Å². The zero-order valence-corrected chi connectivity index (χ0v) is 9.92. The average Bonchev–Trinajstić information content (AvgIpc) is 2.03. The van der Waals surface area contributed by atoms with E-state index in [1.54, 1.807) is 19.2 Å². The van der Waals surface area contributed by atoms with Crippen LogP contribution in [0.2, 0.25) is 0 Å². The number of hydrogen-bond acceptors (Lipinski definition) is 2. The SMILES string of the molecule is COCOc1cc[c-]cc1.[Br-].[Mg+2]. The topological polar surface area (TPSA) is 18.5 Å². The van der Waals surface area contributed by atoms with E-state index in [4.69, 9.17) is 9.47 Å². The third-order valence-corrected chi connectivity index (χ3v) is 1.03. The molecule has 4 heteroatoms. The number of benzene rings is 1. The first-order valence-corrected chi connectivity index (χ1v) is 3.01. The first kappa shape index (κ1) is 14.7. The maximum Gasteiger partial charge on any atom is 2.00 e. The van der Waals surface area contributed by atoms with Crippen molar-refractivity contribution in [1.29, 1.82) is 0 Å². The molecule has 12 heavy (non-hydrogen) atoms. The molecule has 0 saturated carbocycles. The van der Waals surface area contributed by atoms with Crippen LogP contribution in [0.1, 0.15) is 0 Å². The van der Waals surface area contributed by atoms with Crippen molar-refractivity contribution in [3.05, 3.63) is 30.3 Å². The van der Waals surface area contributed by atoms with E-state index in [0.717, 1.165) is 5.75 Å². The quantitative estimate of drug-likeness (QED) is 0.349. The van der Waals surface area contributed by atoms with Crippen LogP contribution in [0.15, 0.2) is 24.3 Å². The van der Waals surface area contributed by atoms with Crippen LogP contribution < -0.4 is 21.7 Å². The predicted octanol–water partition coefficient (Wildman–Crippen LogP) is -1.91. The van der Waals surface area contributed by atoms with Gasteiger partial charge in [0.2, 0.25) is 0 Å². The standard InChI is InChI=1S/C8H9O2.BrH.Mg/c1-9-7-10-8-5-3-2-4-6-8;;/h3-6H,7H2,1H3;1H;/q-1;;+2/p-1. The van der Waals surface area contributed by atoms with Gasteiger partial charge in [0, 0.05) is 12.9 Å². The van der Waals surface area contributed by atoms with Gasteiger partial charge < -0.3 is 26.5 Å². The molecule has 0 aromatic heterocycles. The second-order valence-corrected chi connectivity index (χ2v) is 1.79. The molecule has 1 aromatic rings. The Morgan fingerprint density at radius 3 is 2.42 bits per heavy atom. The van der Waals surface area contributed by atoms with E-state index >= 15 is 0 Å². The summed E-state index contributed by atoms with van der Waals surface area (Å²) in [7, 11) is 1.59. The van der Waals surface area contributed by atoms with Gasteiger partial charge in [-0.2, -0.15) is 18.2 Å². The molecule has 0 aliphatic rings. The van der Waals surface area contributed by atoms with Gasteiger partial charge in [-0.25, -0.2) is 0 Å². The third-order valence-electron chi connectivity index (χ3n) is 1.03. The number of hydrogen-bond donors (Lipinski definition) is 0. The summed E-state index contributed by atoms with van der Waals surface area (Å²) in [4.78, 5) is 0. The molecule has 0 heterocycles. The van der Waals surface area contributed by atoms with Gasteiger partial charge >= 0.3 is 23.1 Å². The maximum atomic E-state index is 5.11. The van der Waals surface area contributed by atoms with E-state index in [-0.39, 0.29) is 40.0 Å². The Bertz CT molecular complexity index is 182. The Labute approximate surface area is 99.2 Å². The summed E-state index contributed by atoms with van der Waals surface area (Å²) < 4.78 is 9.83. The monoisotopic (exact) mass is 240 g/mol. The van der Waals surface area contributed by atoms with Gasteiger partial charge in [-0.05, 0) is 0 Å². The van der Waals surface area contributed by atoms with E-state index in [9.17, 15) is 0 Å². The van der Waals surface area contributed by atoms with Crippen LogP contribution >= 0.6 is 0 Å². The minimum atomic E-state index is 0. The van der Waals surface area contributed by atoms with E-state index in [0.29, 0.717) is 6.79 Å². The number of ether oxygens (including phenoxy) is 2. The molecule has 0 spiro atoms. The molecule has 0 atom stereocenters. The molecule has 1 rings (SSSR count). The van der Waals surface area contributed by atoms with Gasteiger partial charge in [-0.1, -0.05) is 0 Å². The fourth-order valence-electron chi connectivity index (χ4n) is 0.595. The minimum absolute atomic E-state index is 0. The predicted molar refractivity (Wildman–Crippen MR) is 43.5 cm³/mol. The van der Waals surface area contributed by atoms with Crippen molar-refractivity contribution in [1.82, 2.24) is 0 Å². The molecular weight excluding hydrogens is 232 g/mol. The zero-order chi connectivity index (χ0) is 7.23. The Morgan fingerprint density at radius 1 is 1.33 bits per heavy atom. The van der Waals surface area contributed by atoms with Crippen molar-refractivity contribution in [2.24, 2.45) is 0 Å². The molecule has 0 bridgehead atoms. The van der Waals surface area contributed by atoms with Crippen LogP contribution in [0.4, 0.5) is 0 Å². The molecule has 0 fully saturated rings. The third kappa shape index (κ3) is 5.82. The Hall–Kier alpha value is 0.226. The van der Waals surface area contributed by atoms with Crippen LogP contribution in [0, 0.1) is 6.07 Å². The largest absolute Gasteiger partial charge is 2.00 e. The van der Waals surface area contributed by atoms with Crippen molar-refractivity contribution in [2.45, 2.75) is 0 Å². The van der Waals surface area contributed by atoms with E-state index in [1.165, 1.54) is 0 Å². The molecule has 0 saturated heterocycles. The molecular formula is C8H9BrMgO2. The maximum absolute atomic E-state index is 5.11. The van der Waals surface area contributed by atoms with Crippen molar-refractivity contribution < 1.29 is 26.5 Å². The molecule has 0 unspecified atom stereocenters. The summed E-state index contributed by atoms with van der Waals surface area (Å²) in [6.07, 6.45) is 0. The summed E-state index contributed by atoms with van der Waals surface area (Å²) in [5, 5.41) is 0. The second kappa shape index (κ2) is 9.32. The number of rotatable bonds is 3. The number of halogens is 1. The first-order valence-electron chi connectivity index (χ1n) is 3.01. The molecule has 62 valence electrons. The minimum Gasteiger partial charge on any atom is -1.00 e. The van der Waals surface area contributed by atoms with Crippen molar-refractivity contribution >= 4 is 23.1 Å². The van der Waals surface area contributed by atoms with Gasteiger partial charge in [-0.3, -0.25) is 0 Å². The molecule has 0 aliphatic carbocycles. The fourth-order valence-corrected chi connectivity index (χ4v) is 0.595. The normalized spacial score (nSPS) is 7.75. The zero-order valence-electron chi connectivity index (χ0n) is 6.92. The Balaban J connectivity index is 0. The molecule has 0 aliphatic heterocycles. The molecule has 0 radical (unpaired) electrons. The molecule has 1 aromatic carbocycles.